The van der Waals surface area contributed by atoms with Crippen LogP contribution in [0.4, 0.5) is 29.0 Å². The number of sulfonamides is 1. The number of benzene rings is 1. The number of H-pyrrole nitrogens is 1. The zero-order chi connectivity index (χ0) is 22.0. The molecule has 0 aliphatic heterocycles. The summed E-state index contributed by atoms with van der Waals surface area (Å²) >= 11 is 0. The van der Waals surface area contributed by atoms with Crippen LogP contribution in [0, 0.1) is 0 Å². The topological polar surface area (TPSA) is 142 Å². The smallest absolute Gasteiger partial charge is 0.232 e. The Balaban J connectivity index is 1.82. The summed E-state index contributed by atoms with van der Waals surface area (Å²) in [6, 6.07) is 5.21. The Morgan fingerprint density at radius 2 is 1.94 bits per heavy atom. The molecular formula is C19H19N9O2S. The van der Waals surface area contributed by atoms with Gasteiger partial charge in [-0.15, -0.1) is 0 Å². The Kier molecular flexibility index (Phi) is 5.21. The number of hydrogen-bond donors (Lipinski definition) is 3. The van der Waals surface area contributed by atoms with Crippen molar-refractivity contribution in [3.63, 3.8) is 0 Å². The second-order valence-corrected chi connectivity index (χ2v) is 8.54. The van der Waals surface area contributed by atoms with Gasteiger partial charge in [0.25, 0.3) is 0 Å². The summed E-state index contributed by atoms with van der Waals surface area (Å²) in [5, 5.41) is 12.9. The largest absolute Gasteiger partial charge is 0.338 e. The SMILES string of the molecule is C=Cc1cnc(Nc2cc[nH]n2)nc1Nc1ccc2nccnc2c1N(C)S(C)(=O)=O. The normalized spacial score (nSPS) is 11.3. The van der Waals surface area contributed by atoms with Crippen LogP contribution in [0.25, 0.3) is 17.1 Å². The zero-order valence-electron chi connectivity index (χ0n) is 16.7. The van der Waals surface area contributed by atoms with E-state index in [1.165, 1.54) is 13.2 Å². The molecule has 3 aromatic heterocycles. The Morgan fingerprint density at radius 3 is 2.65 bits per heavy atom. The standard InChI is InChI=1S/C19H19N9O2S/c1-4-12-11-22-19(25-15-7-8-23-27-15)26-18(12)24-14-6-5-13-16(21-10-9-20-13)17(14)28(2)31(3,29)30/h4-11H,1H2,2-3H3,(H3,22,23,24,25,26,27). The minimum Gasteiger partial charge on any atom is -0.338 e. The molecule has 0 bridgehead atoms. The second-order valence-electron chi connectivity index (χ2n) is 6.53. The third-order valence-electron chi connectivity index (χ3n) is 4.46. The van der Waals surface area contributed by atoms with Crippen molar-refractivity contribution in [3.05, 3.63) is 55.1 Å². The molecule has 0 radical (unpaired) electrons. The summed E-state index contributed by atoms with van der Waals surface area (Å²) in [6.45, 7) is 3.80. The van der Waals surface area contributed by atoms with Gasteiger partial charge in [-0.1, -0.05) is 12.7 Å². The minimum absolute atomic E-state index is 0.304. The van der Waals surface area contributed by atoms with Crippen LogP contribution in [-0.2, 0) is 10.0 Å². The van der Waals surface area contributed by atoms with Crippen molar-refractivity contribution < 1.29 is 8.42 Å². The van der Waals surface area contributed by atoms with E-state index in [0.717, 1.165) is 10.6 Å². The quantitative estimate of drug-likeness (QED) is 0.398. The highest BCUT2D eigenvalue weighted by atomic mass is 32.2. The van der Waals surface area contributed by atoms with Gasteiger partial charge >= 0.3 is 0 Å². The lowest BCUT2D eigenvalue weighted by Crippen LogP contribution is -2.26. The molecule has 1 aromatic carbocycles. The molecule has 0 spiro atoms. The summed E-state index contributed by atoms with van der Waals surface area (Å²) in [4.78, 5) is 17.4. The van der Waals surface area contributed by atoms with Crippen LogP contribution in [0.5, 0.6) is 0 Å². The Morgan fingerprint density at radius 1 is 1.13 bits per heavy atom. The van der Waals surface area contributed by atoms with Gasteiger partial charge in [-0.2, -0.15) is 10.1 Å². The van der Waals surface area contributed by atoms with Gasteiger partial charge in [0.05, 0.1) is 17.5 Å². The first-order chi connectivity index (χ1) is 14.9. The summed E-state index contributed by atoms with van der Waals surface area (Å²) in [7, 11) is -2.11. The van der Waals surface area contributed by atoms with Crippen molar-refractivity contribution in [3.8, 4) is 0 Å². The number of fused-ring (bicyclic) bond motifs is 1. The Bertz CT molecular complexity index is 1350. The maximum atomic E-state index is 12.3. The van der Waals surface area contributed by atoms with E-state index in [9.17, 15) is 8.42 Å². The first kappa shape index (κ1) is 20.2. The lowest BCUT2D eigenvalue weighted by Gasteiger charge is -2.22. The lowest BCUT2D eigenvalue weighted by atomic mass is 10.2. The maximum absolute atomic E-state index is 12.3. The van der Waals surface area contributed by atoms with E-state index in [1.54, 1.807) is 42.9 Å². The molecule has 0 fully saturated rings. The van der Waals surface area contributed by atoms with Crippen LogP contribution >= 0.6 is 0 Å². The fourth-order valence-electron chi connectivity index (χ4n) is 2.88. The monoisotopic (exact) mass is 437 g/mol. The van der Waals surface area contributed by atoms with Crippen LogP contribution < -0.4 is 14.9 Å². The molecule has 3 heterocycles. The molecule has 11 nitrogen and oxygen atoms in total. The molecule has 3 N–H and O–H groups in total. The van der Waals surface area contributed by atoms with E-state index < -0.39 is 10.0 Å². The number of hydrogen-bond acceptors (Lipinski definition) is 9. The summed E-state index contributed by atoms with van der Waals surface area (Å²) in [5.74, 6) is 1.28. The fraction of sp³-hybridized carbons (Fsp3) is 0.105. The van der Waals surface area contributed by atoms with Crippen LogP contribution in [0.1, 0.15) is 5.56 Å². The number of nitrogens with one attached hydrogen (secondary N) is 3. The number of nitrogens with zero attached hydrogens (tertiary/aromatic N) is 6. The highest BCUT2D eigenvalue weighted by Gasteiger charge is 2.21. The second kappa shape index (κ2) is 7.99. The molecule has 4 aromatic rings. The summed E-state index contributed by atoms with van der Waals surface area (Å²) in [6.07, 6.45) is 9.05. The van der Waals surface area contributed by atoms with Gasteiger partial charge in [-0.25, -0.2) is 13.4 Å². The molecule has 0 aliphatic carbocycles. The number of anilines is 5. The fourth-order valence-corrected chi connectivity index (χ4v) is 3.40. The van der Waals surface area contributed by atoms with Gasteiger partial charge in [-0.3, -0.25) is 19.4 Å². The van der Waals surface area contributed by atoms with E-state index in [4.69, 9.17) is 0 Å². The summed E-state index contributed by atoms with van der Waals surface area (Å²) < 4.78 is 25.8. The van der Waals surface area contributed by atoms with E-state index in [2.05, 4.69) is 47.3 Å². The number of aromatic nitrogens is 6. The van der Waals surface area contributed by atoms with E-state index in [-0.39, 0.29) is 0 Å². The zero-order valence-corrected chi connectivity index (χ0v) is 17.6. The molecule has 0 unspecified atom stereocenters. The number of aromatic amines is 1. The predicted molar refractivity (Wildman–Crippen MR) is 120 cm³/mol. The highest BCUT2D eigenvalue weighted by molar-refractivity contribution is 7.92. The lowest BCUT2D eigenvalue weighted by molar-refractivity contribution is 0.600. The predicted octanol–water partition coefficient (Wildman–Crippen LogP) is 2.67. The van der Waals surface area contributed by atoms with E-state index >= 15 is 0 Å². The molecule has 0 amide bonds. The molecule has 4 rings (SSSR count). The van der Waals surface area contributed by atoms with Crippen molar-refractivity contribution in [1.29, 1.82) is 0 Å². The molecule has 0 saturated heterocycles. The average Bonchev–Trinajstić information content (AvgIpc) is 3.26. The summed E-state index contributed by atoms with van der Waals surface area (Å²) in [5.41, 5.74) is 2.45. The minimum atomic E-state index is -3.57. The first-order valence-electron chi connectivity index (χ1n) is 9.08. The third-order valence-corrected chi connectivity index (χ3v) is 5.63. The van der Waals surface area contributed by atoms with Crippen molar-refractivity contribution in [2.24, 2.45) is 0 Å². The molecule has 12 heteroatoms. The van der Waals surface area contributed by atoms with Crippen molar-refractivity contribution >= 4 is 56.1 Å². The van der Waals surface area contributed by atoms with Crippen LogP contribution in [0.3, 0.4) is 0 Å². The van der Waals surface area contributed by atoms with Crippen molar-refractivity contribution in [1.82, 2.24) is 30.1 Å². The van der Waals surface area contributed by atoms with Gasteiger partial charge < -0.3 is 10.6 Å². The van der Waals surface area contributed by atoms with Gasteiger partial charge in [0.15, 0.2) is 5.82 Å². The Labute approximate surface area is 178 Å². The van der Waals surface area contributed by atoms with Crippen molar-refractivity contribution in [2.75, 3.05) is 28.2 Å². The van der Waals surface area contributed by atoms with Gasteiger partial charge in [0.2, 0.25) is 16.0 Å². The maximum Gasteiger partial charge on any atom is 0.232 e. The molecular weight excluding hydrogens is 418 g/mol. The number of rotatable bonds is 7. The van der Waals surface area contributed by atoms with Crippen LogP contribution in [0.2, 0.25) is 0 Å². The van der Waals surface area contributed by atoms with E-state index in [1.807, 2.05) is 0 Å². The Hall–Kier alpha value is -4.06. The van der Waals surface area contributed by atoms with Crippen molar-refractivity contribution in [2.45, 2.75) is 0 Å². The van der Waals surface area contributed by atoms with Crippen LogP contribution in [0.15, 0.2) is 49.6 Å². The molecule has 0 saturated carbocycles. The van der Waals surface area contributed by atoms with Gasteiger partial charge in [0.1, 0.15) is 17.0 Å². The van der Waals surface area contributed by atoms with Gasteiger partial charge in [-0.05, 0) is 12.1 Å². The van der Waals surface area contributed by atoms with Gasteiger partial charge in [0, 0.05) is 43.5 Å². The highest BCUT2D eigenvalue weighted by Crippen LogP contribution is 2.35. The first-order valence-corrected chi connectivity index (χ1v) is 10.9. The molecule has 31 heavy (non-hydrogen) atoms. The molecule has 158 valence electrons. The molecule has 0 atom stereocenters. The third kappa shape index (κ3) is 4.14. The molecule has 0 aliphatic rings. The van der Waals surface area contributed by atoms with E-state index in [0.29, 0.717) is 45.6 Å². The van der Waals surface area contributed by atoms with Crippen LogP contribution in [-0.4, -0.2) is 51.9 Å². The average molecular weight is 437 g/mol.